The molecule has 2 aromatic rings. The predicted molar refractivity (Wildman–Crippen MR) is 79.3 cm³/mol. The lowest BCUT2D eigenvalue weighted by molar-refractivity contribution is 0.00707. The van der Waals surface area contributed by atoms with Gasteiger partial charge in [0.15, 0.2) is 0 Å². The maximum atomic E-state index is 12.1. The van der Waals surface area contributed by atoms with Crippen LogP contribution in [0.25, 0.3) is 11.3 Å². The van der Waals surface area contributed by atoms with E-state index in [-0.39, 0.29) is 0 Å². The standard InChI is InChI=1S/C16H18N2O2/c1-16(2,3)20-15(19)12-9-10-18-14(13(12)17)11-7-5-4-6-8-11/h4-10H,17H2,1-3H3. The molecule has 104 valence electrons. The van der Waals surface area contributed by atoms with Gasteiger partial charge in [-0.25, -0.2) is 4.79 Å². The highest BCUT2D eigenvalue weighted by Crippen LogP contribution is 2.27. The summed E-state index contributed by atoms with van der Waals surface area (Å²) in [4.78, 5) is 16.4. The molecule has 4 nitrogen and oxygen atoms in total. The molecule has 1 aromatic heterocycles. The van der Waals surface area contributed by atoms with Gasteiger partial charge in [-0.2, -0.15) is 0 Å². The molecular formula is C16H18N2O2. The van der Waals surface area contributed by atoms with E-state index in [1.54, 1.807) is 12.3 Å². The number of esters is 1. The number of carbonyl (C=O) groups excluding carboxylic acids is 1. The number of ether oxygens (including phenoxy) is 1. The van der Waals surface area contributed by atoms with Crippen LogP contribution in [0.2, 0.25) is 0 Å². The third-order valence-electron chi connectivity index (χ3n) is 2.66. The number of carbonyl (C=O) groups is 1. The Kier molecular flexibility index (Phi) is 3.74. The van der Waals surface area contributed by atoms with Crippen molar-refractivity contribution >= 4 is 11.7 Å². The van der Waals surface area contributed by atoms with Crippen LogP contribution < -0.4 is 5.73 Å². The maximum absolute atomic E-state index is 12.1. The van der Waals surface area contributed by atoms with Crippen molar-refractivity contribution in [2.75, 3.05) is 5.73 Å². The number of anilines is 1. The van der Waals surface area contributed by atoms with Crippen LogP contribution in [0.4, 0.5) is 5.69 Å². The van der Waals surface area contributed by atoms with Crippen LogP contribution >= 0.6 is 0 Å². The number of nitrogen functional groups attached to an aromatic ring is 1. The van der Waals surface area contributed by atoms with Gasteiger partial charge in [0.1, 0.15) is 5.60 Å². The molecular weight excluding hydrogens is 252 g/mol. The highest BCUT2D eigenvalue weighted by molar-refractivity contribution is 5.98. The van der Waals surface area contributed by atoms with E-state index >= 15 is 0 Å². The zero-order valence-corrected chi connectivity index (χ0v) is 11.9. The first-order valence-electron chi connectivity index (χ1n) is 6.42. The van der Waals surface area contributed by atoms with Crippen LogP contribution in [-0.4, -0.2) is 16.6 Å². The van der Waals surface area contributed by atoms with Gasteiger partial charge in [0, 0.05) is 11.8 Å². The fourth-order valence-electron chi connectivity index (χ4n) is 1.81. The van der Waals surface area contributed by atoms with Crippen LogP contribution in [0.15, 0.2) is 42.6 Å². The summed E-state index contributed by atoms with van der Waals surface area (Å²) in [7, 11) is 0. The number of hydrogen-bond acceptors (Lipinski definition) is 4. The Morgan fingerprint density at radius 3 is 2.40 bits per heavy atom. The molecule has 0 radical (unpaired) electrons. The molecule has 0 saturated carbocycles. The predicted octanol–water partition coefficient (Wildman–Crippen LogP) is 3.29. The summed E-state index contributed by atoms with van der Waals surface area (Å²) in [5.74, 6) is -0.436. The van der Waals surface area contributed by atoms with Crippen LogP contribution in [0.3, 0.4) is 0 Å². The van der Waals surface area contributed by atoms with Gasteiger partial charge < -0.3 is 10.5 Å². The molecule has 0 atom stereocenters. The Morgan fingerprint density at radius 1 is 1.15 bits per heavy atom. The van der Waals surface area contributed by atoms with Crippen molar-refractivity contribution < 1.29 is 9.53 Å². The molecule has 0 spiro atoms. The van der Waals surface area contributed by atoms with Crippen molar-refractivity contribution in [2.45, 2.75) is 26.4 Å². The van der Waals surface area contributed by atoms with E-state index in [4.69, 9.17) is 10.5 Å². The van der Waals surface area contributed by atoms with Gasteiger partial charge in [-0.1, -0.05) is 30.3 Å². The number of nitrogens with zero attached hydrogens (tertiary/aromatic N) is 1. The average Bonchev–Trinajstić information content (AvgIpc) is 2.38. The van der Waals surface area contributed by atoms with Crippen molar-refractivity contribution in [3.05, 3.63) is 48.2 Å². The van der Waals surface area contributed by atoms with E-state index in [1.165, 1.54) is 0 Å². The second-order valence-corrected chi connectivity index (χ2v) is 5.49. The van der Waals surface area contributed by atoms with E-state index < -0.39 is 11.6 Å². The molecule has 1 heterocycles. The van der Waals surface area contributed by atoms with E-state index in [1.807, 2.05) is 51.1 Å². The lowest BCUT2D eigenvalue weighted by Gasteiger charge is -2.20. The van der Waals surface area contributed by atoms with Gasteiger partial charge in [-0.3, -0.25) is 4.98 Å². The smallest absolute Gasteiger partial charge is 0.340 e. The quantitative estimate of drug-likeness (QED) is 0.850. The molecule has 2 rings (SSSR count). The van der Waals surface area contributed by atoms with Crippen LogP contribution in [-0.2, 0) is 4.74 Å². The first kappa shape index (κ1) is 14.1. The van der Waals surface area contributed by atoms with Crippen molar-refractivity contribution in [1.29, 1.82) is 0 Å². The number of nitrogens with two attached hydrogens (primary N) is 1. The topological polar surface area (TPSA) is 65.2 Å². The van der Waals surface area contributed by atoms with Crippen molar-refractivity contribution in [3.8, 4) is 11.3 Å². The minimum Gasteiger partial charge on any atom is -0.456 e. The van der Waals surface area contributed by atoms with Crippen molar-refractivity contribution in [2.24, 2.45) is 0 Å². The zero-order chi connectivity index (χ0) is 14.8. The SMILES string of the molecule is CC(C)(C)OC(=O)c1ccnc(-c2ccccc2)c1N. The minimum atomic E-state index is -0.556. The molecule has 0 unspecified atom stereocenters. The van der Waals surface area contributed by atoms with E-state index in [0.29, 0.717) is 16.9 Å². The normalized spacial score (nSPS) is 11.2. The van der Waals surface area contributed by atoms with Gasteiger partial charge in [-0.05, 0) is 26.8 Å². The summed E-state index contributed by atoms with van der Waals surface area (Å²) < 4.78 is 5.35. The summed E-state index contributed by atoms with van der Waals surface area (Å²) >= 11 is 0. The van der Waals surface area contributed by atoms with Gasteiger partial charge >= 0.3 is 5.97 Å². The molecule has 1 aromatic carbocycles. The van der Waals surface area contributed by atoms with Crippen LogP contribution in [0.5, 0.6) is 0 Å². The van der Waals surface area contributed by atoms with Crippen molar-refractivity contribution in [1.82, 2.24) is 4.98 Å². The minimum absolute atomic E-state index is 0.341. The van der Waals surface area contributed by atoms with E-state index in [2.05, 4.69) is 4.98 Å². The van der Waals surface area contributed by atoms with Gasteiger partial charge in [-0.15, -0.1) is 0 Å². The molecule has 0 aliphatic rings. The number of pyridine rings is 1. The highest BCUT2D eigenvalue weighted by Gasteiger charge is 2.21. The fraction of sp³-hybridized carbons (Fsp3) is 0.250. The Labute approximate surface area is 118 Å². The van der Waals surface area contributed by atoms with E-state index in [0.717, 1.165) is 5.56 Å². The van der Waals surface area contributed by atoms with E-state index in [9.17, 15) is 4.79 Å². The summed E-state index contributed by atoms with van der Waals surface area (Å²) in [6.07, 6.45) is 1.57. The number of rotatable bonds is 2. The molecule has 4 heteroatoms. The van der Waals surface area contributed by atoms with Gasteiger partial charge in [0.25, 0.3) is 0 Å². The average molecular weight is 270 g/mol. The Bertz CT molecular complexity index is 616. The summed E-state index contributed by atoms with van der Waals surface area (Å²) in [6, 6.07) is 11.1. The second kappa shape index (κ2) is 5.33. The third-order valence-corrected chi connectivity index (χ3v) is 2.66. The Balaban J connectivity index is 2.41. The fourth-order valence-corrected chi connectivity index (χ4v) is 1.81. The molecule has 0 amide bonds. The van der Waals surface area contributed by atoms with Gasteiger partial charge in [0.2, 0.25) is 0 Å². The number of aromatic nitrogens is 1. The molecule has 0 aliphatic carbocycles. The summed E-state index contributed by atoms with van der Waals surface area (Å²) in [6.45, 7) is 5.46. The second-order valence-electron chi connectivity index (χ2n) is 5.49. The maximum Gasteiger partial charge on any atom is 0.340 e. The highest BCUT2D eigenvalue weighted by atomic mass is 16.6. The third kappa shape index (κ3) is 3.15. The molecule has 20 heavy (non-hydrogen) atoms. The zero-order valence-electron chi connectivity index (χ0n) is 11.9. The molecule has 0 saturated heterocycles. The first-order chi connectivity index (χ1) is 9.38. The largest absolute Gasteiger partial charge is 0.456 e. The van der Waals surface area contributed by atoms with Crippen molar-refractivity contribution in [3.63, 3.8) is 0 Å². The lowest BCUT2D eigenvalue weighted by atomic mass is 10.1. The summed E-state index contributed by atoms with van der Waals surface area (Å²) in [5.41, 5.74) is 7.66. The number of hydrogen-bond donors (Lipinski definition) is 1. The van der Waals surface area contributed by atoms with Crippen LogP contribution in [0.1, 0.15) is 31.1 Å². The molecule has 0 fully saturated rings. The lowest BCUT2D eigenvalue weighted by Crippen LogP contribution is -2.24. The monoisotopic (exact) mass is 270 g/mol. The van der Waals surface area contributed by atoms with Crippen LogP contribution in [0, 0.1) is 0 Å². The molecule has 2 N–H and O–H groups in total. The first-order valence-corrected chi connectivity index (χ1v) is 6.42. The number of benzene rings is 1. The Hall–Kier alpha value is -2.36. The molecule has 0 bridgehead atoms. The molecule has 0 aliphatic heterocycles. The summed E-state index contributed by atoms with van der Waals surface area (Å²) in [5, 5.41) is 0. The Morgan fingerprint density at radius 2 is 1.80 bits per heavy atom. The van der Waals surface area contributed by atoms with Gasteiger partial charge in [0.05, 0.1) is 16.9 Å².